The first-order valence-corrected chi connectivity index (χ1v) is 11.8. The van der Waals surface area contributed by atoms with Crippen molar-refractivity contribution in [2.45, 2.75) is 73.6 Å². The van der Waals surface area contributed by atoms with Crippen LogP contribution in [0.3, 0.4) is 0 Å². The molecular weight excluding hydrogens is 392 g/mol. The predicted octanol–water partition coefficient (Wildman–Crippen LogP) is 6.91. The van der Waals surface area contributed by atoms with Crippen molar-refractivity contribution in [3.63, 3.8) is 0 Å². The van der Waals surface area contributed by atoms with Gasteiger partial charge in [0, 0.05) is 36.0 Å². The summed E-state index contributed by atoms with van der Waals surface area (Å²) >= 11 is 0. The summed E-state index contributed by atoms with van der Waals surface area (Å²) in [5.41, 5.74) is 9.82. The van der Waals surface area contributed by atoms with Gasteiger partial charge in [0.25, 0.3) is 0 Å². The first-order valence-electron chi connectivity index (χ1n) is 11.8. The van der Waals surface area contributed by atoms with Gasteiger partial charge in [-0.1, -0.05) is 61.9 Å². The number of benzene rings is 2. The van der Waals surface area contributed by atoms with Crippen molar-refractivity contribution >= 4 is 0 Å². The normalized spacial score (nSPS) is 11.4. The van der Waals surface area contributed by atoms with E-state index in [-0.39, 0.29) is 6.10 Å². The first-order chi connectivity index (χ1) is 15.3. The Morgan fingerprint density at radius 3 is 2.16 bits per heavy atom. The van der Waals surface area contributed by atoms with Gasteiger partial charge in [-0.3, -0.25) is 9.88 Å². The second kappa shape index (κ2) is 10.8. The maximum Gasteiger partial charge on any atom is 0.128 e. The Morgan fingerprint density at radius 2 is 1.56 bits per heavy atom. The van der Waals surface area contributed by atoms with Crippen molar-refractivity contribution < 1.29 is 4.74 Å². The molecule has 170 valence electrons. The van der Waals surface area contributed by atoms with Gasteiger partial charge in [0.1, 0.15) is 5.75 Å². The van der Waals surface area contributed by atoms with E-state index in [1.807, 2.05) is 0 Å². The third kappa shape index (κ3) is 5.77. The molecule has 0 fully saturated rings. The monoisotopic (exact) mass is 430 g/mol. The third-order valence-electron chi connectivity index (χ3n) is 5.87. The number of aryl methyl sites for hydroxylation is 4. The van der Waals surface area contributed by atoms with E-state index in [1.54, 1.807) is 0 Å². The summed E-state index contributed by atoms with van der Waals surface area (Å²) in [4.78, 5) is 7.43. The summed E-state index contributed by atoms with van der Waals surface area (Å²) in [6, 6.07) is 17.5. The third-order valence-corrected chi connectivity index (χ3v) is 5.87. The zero-order chi connectivity index (χ0) is 23.3. The molecule has 32 heavy (non-hydrogen) atoms. The molecule has 0 saturated heterocycles. The number of pyridine rings is 1. The summed E-state index contributed by atoms with van der Waals surface area (Å²) in [5, 5.41) is 0. The SMILES string of the molecule is CCc1cccc(CC)c1-c1cc(OC(C)C)c(CN(C)Cc2cccc(C)c2)c(C)n1. The number of rotatable bonds is 9. The molecule has 1 heterocycles. The second-order valence-electron chi connectivity index (χ2n) is 9.06. The molecular formula is C29H38N2O. The second-order valence-corrected chi connectivity index (χ2v) is 9.06. The lowest BCUT2D eigenvalue weighted by Gasteiger charge is -2.23. The van der Waals surface area contributed by atoms with Gasteiger partial charge >= 0.3 is 0 Å². The molecule has 0 aliphatic rings. The molecule has 2 aromatic carbocycles. The number of hydrogen-bond acceptors (Lipinski definition) is 3. The fourth-order valence-electron chi connectivity index (χ4n) is 4.37. The van der Waals surface area contributed by atoms with Crippen LogP contribution in [0.25, 0.3) is 11.3 Å². The van der Waals surface area contributed by atoms with E-state index in [9.17, 15) is 0 Å². The van der Waals surface area contributed by atoms with Crippen LogP contribution in [0, 0.1) is 13.8 Å². The number of nitrogens with zero attached hydrogens (tertiary/aromatic N) is 2. The molecule has 0 bridgehead atoms. The van der Waals surface area contributed by atoms with Crippen LogP contribution in [-0.2, 0) is 25.9 Å². The molecule has 3 nitrogen and oxygen atoms in total. The van der Waals surface area contributed by atoms with E-state index in [4.69, 9.17) is 9.72 Å². The lowest BCUT2D eigenvalue weighted by Crippen LogP contribution is -2.20. The first kappa shape index (κ1) is 24.0. The largest absolute Gasteiger partial charge is 0.491 e. The quantitative estimate of drug-likeness (QED) is 0.369. The molecule has 0 aliphatic carbocycles. The van der Waals surface area contributed by atoms with Crippen LogP contribution in [0.15, 0.2) is 48.5 Å². The molecule has 3 aromatic rings. The van der Waals surface area contributed by atoms with E-state index in [2.05, 4.69) is 102 Å². The highest BCUT2D eigenvalue weighted by molar-refractivity contribution is 5.70. The highest BCUT2D eigenvalue weighted by Crippen LogP contribution is 2.34. The van der Waals surface area contributed by atoms with Crippen molar-refractivity contribution in [2.24, 2.45) is 0 Å². The number of hydrogen-bond donors (Lipinski definition) is 0. The van der Waals surface area contributed by atoms with Gasteiger partial charge in [-0.2, -0.15) is 0 Å². The van der Waals surface area contributed by atoms with Gasteiger partial charge in [0.15, 0.2) is 0 Å². The molecule has 0 aliphatic heterocycles. The fourth-order valence-corrected chi connectivity index (χ4v) is 4.37. The smallest absolute Gasteiger partial charge is 0.128 e. The highest BCUT2D eigenvalue weighted by atomic mass is 16.5. The van der Waals surface area contributed by atoms with E-state index in [0.29, 0.717) is 0 Å². The maximum absolute atomic E-state index is 6.34. The molecule has 0 amide bonds. The van der Waals surface area contributed by atoms with Gasteiger partial charge < -0.3 is 4.74 Å². The van der Waals surface area contributed by atoms with Crippen molar-refractivity contribution in [3.8, 4) is 17.0 Å². The van der Waals surface area contributed by atoms with Crippen LogP contribution in [0.1, 0.15) is 61.2 Å². The molecule has 3 rings (SSSR count). The lowest BCUT2D eigenvalue weighted by atomic mass is 9.94. The molecule has 0 spiro atoms. The van der Waals surface area contributed by atoms with Gasteiger partial charge in [0.2, 0.25) is 0 Å². The molecule has 0 radical (unpaired) electrons. The zero-order valence-corrected chi connectivity index (χ0v) is 20.8. The summed E-state index contributed by atoms with van der Waals surface area (Å²) < 4.78 is 6.34. The minimum atomic E-state index is 0.109. The van der Waals surface area contributed by atoms with E-state index in [0.717, 1.165) is 43.1 Å². The average molecular weight is 431 g/mol. The summed E-state index contributed by atoms with van der Waals surface area (Å²) in [5.74, 6) is 0.951. The fraction of sp³-hybridized carbons (Fsp3) is 0.414. The standard InChI is InChI=1S/C29H38N2O/c1-8-24-14-11-15-25(9-2)29(24)27-17-28(32-20(3)4)26(22(6)30-27)19-31(7)18-23-13-10-12-21(5)16-23/h10-17,20H,8-9,18-19H2,1-7H3. The minimum absolute atomic E-state index is 0.109. The van der Waals surface area contributed by atoms with E-state index in [1.165, 1.54) is 33.4 Å². The summed E-state index contributed by atoms with van der Waals surface area (Å²) in [6.07, 6.45) is 2.09. The summed E-state index contributed by atoms with van der Waals surface area (Å²) in [7, 11) is 2.16. The van der Waals surface area contributed by atoms with E-state index >= 15 is 0 Å². The summed E-state index contributed by atoms with van der Waals surface area (Å²) in [6.45, 7) is 14.6. The Hall–Kier alpha value is -2.65. The van der Waals surface area contributed by atoms with Gasteiger partial charge in [0.05, 0.1) is 11.8 Å². The average Bonchev–Trinajstić information content (AvgIpc) is 2.74. The molecule has 0 saturated carbocycles. The van der Waals surface area contributed by atoms with Crippen LogP contribution >= 0.6 is 0 Å². The van der Waals surface area contributed by atoms with Gasteiger partial charge in [-0.05, 0) is 64.3 Å². The minimum Gasteiger partial charge on any atom is -0.491 e. The predicted molar refractivity (Wildman–Crippen MR) is 135 cm³/mol. The van der Waals surface area contributed by atoms with Crippen LogP contribution in [0.4, 0.5) is 0 Å². The van der Waals surface area contributed by atoms with Crippen LogP contribution in [0.5, 0.6) is 5.75 Å². The Morgan fingerprint density at radius 1 is 0.906 bits per heavy atom. The van der Waals surface area contributed by atoms with Crippen LogP contribution in [0.2, 0.25) is 0 Å². The molecule has 1 aromatic heterocycles. The van der Waals surface area contributed by atoms with Gasteiger partial charge in [-0.15, -0.1) is 0 Å². The zero-order valence-electron chi connectivity index (χ0n) is 20.8. The molecule has 3 heteroatoms. The Kier molecular flexibility index (Phi) is 8.09. The van der Waals surface area contributed by atoms with Crippen molar-refractivity contribution in [1.29, 1.82) is 0 Å². The van der Waals surface area contributed by atoms with Crippen LogP contribution in [-0.4, -0.2) is 23.0 Å². The maximum atomic E-state index is 6.34. The lowest BCUT2D eigenvalue weighted by molar-refractivity contribution is 0.232. The Bertz CT molecular complexity index is 1030. The highest BCUT2D eigenvalue weighted by Gasteiger charge is 2.18. The molecule has 0 N–H and O–H groups in total. The van der Waals surface area contributed by atoms with Crippen molar-refractivity contribution in [1.82, 2.24) is 9.88 Å². The number of aromatic nitrogens is 1. The van der Waals surface area contributed by atoms with Gasteiger partial charge in [-0.25, -0.2) is 0 Å². The molecule has 0 unspecified atom stereocenters. The molecule has 0 atom stereocenters. The van der Waals surface area contributed by atoms with Crippen LogP contribution < -0.4 is 4.74 Å². The number of ether oxygens (including phenoxy) is 1. The van der Waals surface area contributed by atoms with Crippen molar-refractivity contribution in [3.05, 3.63) is 82.0 Å². The Balaban J connectivity index is 1.99. The topological polar surface area (TPSA) is 25.4 Å². The van der Waals surface area contributed by atoms with Crippen molar-refractivity contribution in [2.75, 3.05) is 7.05 Å². The van der Waals surface area contributed by atoms with E-state index < -0.39 is 0 Å². The Labute approximate surface area is 194 Å².